The number of benzene rings is 2. The van der Waals surface area contributed by atoms with Crippen LogP contribution in [0.5, 0.6) is 0 Å². The second-order valence-corrected chi connectivity index (χ2v) is 8.31. The molecule has 0 radical (unpaired) electrons. The summed E-state index contributed by atoms with van der Waals surface area (Å²) in [4.78, 5) is 33.4. The van der Waals surface area contributed by atoms with Gasteiger partial charge >= 0.3 is 0 Å². The Morgan fingerprint density at radius 1 is 1.06 bits per heavy atom. The third-order valence-electron chi connectivity index (χ3n) is 5.30. The molecule has 2 amide bonds. The Balaban J connectivity index is 1.55. The molecule has 0 aliphatic carbocycles. The van der Waals surface area contributed by atoms with E-state index in [1.807, 2.05) is 12.1 Å². The molecular weight excluding hydrogens is 463 g/mol. The van der Waals surface area contributed by atoms with Crippen molar-refractivity contribution >= 4 is 52.1 Å². The largest absolute Gasteiger partial charge is 0.336 e. The molecule has 33 heavy (non-hydrogen) atoms. The van der Waals surface area contributed by atoms with Crippen LogP contribution in [0.3, 0.4) is 0 Å². The molecule has 0 bridgehead atoms. The topological polar surface area (TPSA) is 65.5 Å². The summed E-state index contributed by atoms with van der Waals surface area (Å²) in [6.07, 6.45) is 3.93. The van der Waals surface area contributed by atoms with Crippen LogP contribution in [0.25, 0.3) is 0 Å². The standard InChI is InChI=1S/C24H20ClFN4O2S/c25-17-1-7-20(8-2-17)30-23(32)21(15-22(31)28-19-5-3-18(26)4-6-19)29(24(30)33)14-11-16-9-12-27-13-10-16/h1-10,12-13,21H,11,14-15H2,(H,28,31)/t21-/m0/s1. The maximum absolute atomic E-state index is 13.4. The lowest BCUT2D eigenvalue weighted by Gasteiger charge is -2.24. The van der Waals surface area contributed by atoms with E-state index in [0.29, 0.717) is 34.5 Å². The van der Waals surface area contributed by atoms with Crippen LogP contribution in [0, 0.1) is 5.82 Å². The Morgan fingerprint density at radius 3 is 2.39 bits per heavy atom. The Morgan fingerprint density at radius 2 is 1.73 bits per heavy atom. The van der Waals surface area contributed by atoms with E-state index in [9.17, 15) is 14.0 Å². The molecule has 1 aromatic heterocycles. The highest BCUT2D eigenvalue weighted by molar-refractivity contribution is 7.80. The van der Waals surface area contributed by atoms with Crippen LogP contribution in [0.4, 0.5) is 15.8 Å². The lowest BCUT2D eigenvalue weighted by atomic mass is 10.1. The summed E-state index contributed by atoms with van der Waals surface area (Å²) in [7, 11) is 0. The zero-order valence-electron chi connectivity index (χ0n) is 17.4. The van der Waals surface area contributed by atoms with Gasteiger partial charge in [0, 0.05) is 29.6 Å². The molecule has 9 heteroatoms. The average molecular weight is 483 g/mol. The molecule has 1 saturated heterocycles. The van der Waals surface area contributed by atoms with Gasteiger partial charge in [-0.1, -0.05) is 11.6 Å². The van der Waals surface area contributed by atoms with Gasteiger partial charge in [0.15, 0.2) is 5.11 Å². The van der Waals surface area contributed by atoms with E-state index in [-0.39, 0.29) is 18.2 Å². The number of halogens is 2. The molecule has 6 nitrogen and oxygen atoms in total. The van der Waals surface area contributed by atoms with Crippen LogP contribution in [-0.4, -0.2) is 39.4 Å². The zero-order valence-corrected chi connectivity index (χ0v) is 19.0. The van der Waals surface area contributed by atoms with Gasteiger partial charge in [0.2, 0.25) is 5.91 Å². The average Bonchev–Trinajstić information content (AvgIpc) is 3.04. The summed E-state index contributed by atoms with van der Waals surface area (Å²) in [5.74, 6) is -1.05. The van der Waals surface area contributed by atoms with E-state index in [2.05, 4.69) is 10.3 Å². The van der Waals surface area contributed by atoms with Crippen molar-refractivity contribution in [1.82, 2.24) is 9.88 Å². The van der Waals surface area contributed by atoms with E-state index in [0.717, 1.165) is 5.56 Å². The molecule has 3 aromatic rings. The number of thiocarbonyl (C=S) groups is 1. The van der Waals surface area contributed by atoms with Crippen molar-refractivity contribution < 1.29 is 14.0 Å². The van der Waals surface area contributed by atoms with Gasteiger partial charge in [-0.05, 0) is 84.9 Å². The highest BCUT2D eigenvalue weighted by Crippen LogP contribution is 2.28. The predicted octanol–water partition coefficient (Wildman–Crippen LogP) is 4.45. The molecule has 0 unspecified atom stereocenters. The van der Waals surface area contributed by atoms with Crippen LogP contribution in [0.1, 0.15) is 12.0 Å². The lowest BCUT2D eigenvalue weighted by molar-refractivity contribution is -0.124. The highest BCUT2D eigenvalue weighted by Gasteiger charge is 2.43. The summed E-state index contributed by atoms with van der Waals surface area (Å²) in [5, 5.41) is 3.59. The molecular formula is C24H20ClFN4O2S. The third-order valence-corrected chi connectivity index (χ3v) is 5.97. The SMILES string of the molecule is O=C(C[C@H]1C(=O)N(c2ccc(Cl)cc2)C(=S)N1CCc1ccncc1)Nc1ccc(F)cc1. The van der Waals surface area contributed by atoms with E-state index >= 15 is 0 Å². The number of rotatable bonds is 7. The van der Waals surface area contributed by atoms with Crippen LogP contribution in [0.15, 0.2) is 73.1 Å². The first-order valence-corrected chi connectivity index (χ1v) is 11.1. The molecule has 1 aliphatic heterocycles. The van der Waals surface area contributed by atoms with Crippen molar-refractivity contribution in [3.05, 3.63) is 89.5 Å². The number of aromatic nitrogens is 1. The summed E-state index contributed by atoms with van der Waals surface area (Å²) >= 11 is 11.6. The molecule has 1 atom stereocenters. The summed E-state index contributed by atoms with van der Waals surface area (Å²) in [5.41, 5.74) is 2.08. The van der Waals surface area contributed by atoms with Crippen molar-refractivity contribution in [2.75, 3.05) is 16.8 Å². The van der Waals surface area contributed by atoms with Gasteiger partial charge in [-0.15, -0.1) is 0 Å². The first-order valence-electron chi connectivity index (χ1n) is 10.3. The number of hydrogen-bond acceptors (Lipinski definition) is 4. The third kappa shape index (κ3) is 5.35. The molecule has 1 aliphatic rings. The maximum Gasteiger partial charge on any atom is 0.256 e. The van der Waals surface area contributed by atoms with Gasteiger partial charge in [-0.2, -0.15) is 0 Å². The fourth-order valence-corrected chi connectivity index (χ4v) is 4.17. The summed E-state index contributed by atoms with van der Waals surface area (Å²) in [6.45, 7) is 0.452. The second-order valence-electron chi connectivity index (χ2n) is 7.51. The van der Waals surface area contributed by atoms with Crippen molar-refractivity contribution in [1.29, 1.82) is 0 Å². The molecule has 1 fully saturated rings. The fraction of sp³-hybridized carbons (Fsp3) is 0.167. The van der Waals surface area contributed by atoms with Crippen LogP contribution in [-0.2, 0) is 16.0 Å². The van der Waals surface area contributed by atoms with Gasteiger partial charge in [0.05, 0.1) is 12.1 Å². The van der Waals surface area contributed by atoms with Gasteiger partial charge in [0.25, 0.3) is 5.91 Å². The molecule has 1 N–H and O–H groups in total. The Bertz CT molecular complexity index is 1160. The number of nitrogens with one attached hydrogen (secondary N) is 1. The number of amides is 2. The predicted molar refractivity (Wildman–Crippen MR) is 130 cm³/mol. The Labute approximate surface area is 201 Å². The zero-order chi connectivity index (χ0) is 23.4. The number of hydrogen-bond donors (Lipinski definition) is 1. The minimum Gasteiger partial charge on any atom is -0.336 e. The van der Waals surface area contributed by atoms with Crippen molar-refractivity contribution in [2.45, 2.75) is 18.9 Å². The van der Waals surface area contributed by atoms with E-state index in [1.54, 1.807) is 41.6 Å². The fourth-order valence-electron chi connectivity index (χ4n) is 3.64. The number of carbonyl (C=O) groups excluding carboxylic acids is 2. The summed E-state index contributed by atoms with van der Waals surface area (Å²) in [6, 6.07) is 15.3. The van der Waals surface area contributed by atoms with Gasteiger partial charge < -0.3 is 10.2 Å². The van der Waals surface area contributed by atoms with Gasteiger partial charge in [-0.3, -0.25) is 19.5 Å². The van der Waals surface area contributed by atoms with Crippen molar-refractivity contribution in [3.8, 4) is 0 Å². The van der Waals surface area contributed by atoms with E-state index < -0.39 is 11.9 Å². The second kappa shape index (κ2) is 10.1. The molecule has 0 saturated carbocycles. The number of nitrogens with zero attached hydrogens (tertiary/aromatic N) is 3. The summed E-state index contributed by atoms with van der Waals surface area (Å²) < 4.78 is 13.2. The molecule has 2 heterocycles. The van der Waals surface area contributed by atoms with Crippen LogP contribution >= 0.6 is 23.8 Å². The number of anilines is 2. The first kappa shape index (κ1) is 22.8. The Kier molecular flexibility index (Phi) is 6.96. The van der Waals surface area contributed by atoms with Crippen molar-refractivity contribution in [2.24, 2.45) is 0 Å². The first-order chi connectivity index (χ1) is 15.9. The lowest BCUT2D eigenvalue weighted by Crippen LogP contribution is -2.39. The highest BCUT2D eigenvalue weighted by atomic mass is 35.5. The van der Waals surface area contributed by atoms with Crippen LogP contribution < -0.4 is 10.2 Å². The monoisotopic (exact) mass is 482 g/mol. The minimum absolute atomic E-state index is 0.100. The van der Waals surface area contributed by atoms with Crippen LogP contribution in [0.2, 0.25) is 5.02 Å². The smallest absolute Gasteiger partial charge is 0.256 e. The van der Waals surface area contributed by atoms with Gasteiger partial charge in [-0.25, -0.2) is 4.39 Å². The quantitative estimate of drug-likeness (QED) is 0.504. The van der Waals surface area contributed by atoms with Gasteiger partial charge in [0.1, 0.15) is 11.9 Å². The normalized spacial score (nSPS) is 15.8. The number of carbonyl (C=O) groups is 2. The number of pyridine rings is 1. The molecule has 2 aromatic carbocycles. The molecule has 0 spiro atoms. The maximum atomic E-state index is 13.4. The van der Waals surface area contributed by atoms with E-state index in [1.165, 1.54) is 29.2 Å². The Hall–Kier alpha value is -3.36. The van der Waals surface area contributed by atoms with Crippen molar-refractivity contribution in [3.63, 3.8) is 0 Å². The van der Waals surface area contributed by atoms with E-state index in [4.69, 9.17) is 23.8 Å². The minimum atomic E-state index is -0.768. The molecule has 4 rings (SSSR count). The molecule has 168 valence electrons.